The van der Waals surface area contributed by atoms with E-state index in [1.54, 1.807) is 6.92 Å². The Morgan fingerprint density at radius 2 is 1.65 bits per heavy atom. The van der Waals surface area contributed by atoms with Gasteiger partial charge in [0.1, 0.15) is 17.9 Å². The maximum atomic E-state index is 11.9. The van der Waals surface area contributed by atoms with Crippen LogP contribution in [0.1, 0.15) is 52.9 Å². The number of hydrogen-bond donors (Lipinski definition) is 4. The zero-order valence-electron chi connectivity index (χ0n) is 13.9. The van der Waals surface area contributed by atoms with Gasteiger partial charge in [-0.3, -0.25) is 14.4 Å². The minimum atomic E-state index is -1.13. The molecule has 0 fully saturated rings. The topological polar surface area (TPSA) is 139 Å². The quantitative estimate of drug-likeness (QED) is 0.419. The number of hydrogen-bond acceptors (Lipinski definition) is 5. The molecule has 0 heterocycles. The Balaban J connectivity index is 4.33. The fraction of sp³-hybridized carbons (Fsp3) is 0.733. The molecule has 0 aromatic carbocycles. The summed E-state index contributed by atoms with van der Waals surface area (Å²) in [6.45, 7) is 4.97. The van der Waals surface area contributed by atoms with E-state index < -0.39 is 35.9 Å². The summed E-state index contributed by atoms with van der Waals surface area (Å²) in [6.07, 6.45) is 1.88. The number of rotatable bonds is 11. The first kappa shape index (κ1) is 21.0. The Morgan fingerprint density at radius 1 is 1.04 bits per heavy atom. The Kier molecular flexibility index (Phi) is 9.80. The molecule has 0 aromatic rings. The largest absolute Gasteiger partial charge is 0.480 e. The van der Waals surface area contributed by atoms with Crippen molar-refractivity contribution in [2.45, 2.75) is 71.0 Å². The number of carboxylic acids is 1. The Labute approximate surface area is 136 Å². The summed E-state index contributed by atoms with van der Waals surface area (Å²) in [5.74, 6) is -2.22. The van der Waals surface area contributed by atoms with Gasteiger partial charge in [0, 0.05) is 12.8 Å². The van der Waals surface area contributed by atoms with Crippen molar-refractivity contribution >= 4 is 23.6 Å². The van der Waals surface area contributed by atoms with Crippen molar-refractivity contribution in [3.8, 4) is 0 Å². The molecule has 132 valence electrons. The molecule has 0 saturated carbocycles. The fourth-order valence-electron chi connectivity index (χ4n) is 1.87. The molecule has 8 nitrogen and oxygen atoms in total. The number of carbonyl (C=O) groups is 4. The van der Waals surface area contributed by atoms with Gasteiger partial charge >= 0.3 is 5.97 Å². The van der Waals surface area contributed by atoms with Gasteiger partial charge in [0.25, 0.3) is 0 Å². The van der Waals surface area contributed by atoms with Gasteiger partial charge in [0.15, 0.2) is 0 Å². The van der Waals surface area contributed by atoms with Crippen LogP contribution in [0.5, 0.6) is 0 Å². The van der Waals surface area contributed by atoms with E-state index in [9.17, 15) is 19.2 Å². The SMILES string of the molecule is CCCC(=O)CCC(N)C(=O)NC(C)C(=O)NC(CC)C(=O)O. The standard InChI is InChI=1S/C15H27N3O5/c1-4-6-10(19)7-8-11(16)14(21)17-9(3)13(20)18-12(5-2)15(22)23/h9,11-12H,4-8,16H2,1-3H3,(H,17,21)(H,18,20)(H,22,23). The summed E-state index contributed by atoms with van der Waals surface area (Å²) < 4.78 is 0. The summed E-state index contributed by atoms with van der Waals surface area (Å²) in [6, 6.07) is -2.79. The van der Waals surface area contributed by atoms with Crippen LogP contribution in [-0.2, 0) is 19.2 Å². The normalized spacial score (nSPS) is 14.4. The smallest absolute Gasteiger partial charge is 0.326 e. The van der Waals surface area contributed by atoms with Gasteiger partial charge in [-0.1, -0.05) is 13.8 Å². The number of nitrogens with one attached hydrogen (secondary N) is 2. The van der Waals surface area contributed by atoms with Crippen LogP contribution in [0, 0.1) is 0 Å². The Bertz CT molecular complexity index is 439. The van der Waals surface area contributed by atoms with Crippen LogP contribution in [0.3, 0.4) is 0 Å². The van der Waals surface area contributed by atoms with Crippen LogP contribution in [0.2, 0.25) is 0 Å². The lowest BCUT2D eigenvalue weighted by molar-refractivity contribution is -0.142. The highest BCUT2D eigenvalue weighted by Gasteiger charge is 2.24. The second-order valence-corrected chi connectivity index (χ2v) is 5.47. The van der Waals surface area contributed by atoms with Crippen molar-refractivity contribution in [1.29, 1.82) is 0 Å². The van der Waals surface area contributed by atoms with Crippen molar-refractivity contribution in [3.05, 3.63) is 0 Å². The first-order valence-electron chi connectivity index (χ1n) is 7.83. The first-order valence-corrected chi connectivity index (χ1v) is 7.83. The van der Waals surface area contributed by atoms with E-state index >= 15 is 0 Å². The molecule has 8 heteroatoms. The van der Waals surface area contributed by atoms with E-state index in [1.807, 2.05) is 6.92 Å². The Morgan fingerprint density at radius 3 is 2.13 bits per heavy atom. The molecular weight excluding hydrogens is 302 g/mol. The Hall–Kier alpha value is -1.96. The summed E-state index contributed by atoms with van der Waals surface area (Å²) in [5.41, 5.74) is 5.70. The second-order valence-electron chi connectivity index (χ2n) is 5.47. The summed E-state index contributed by atoms with van der Waals surface area (Å²) in [5, 5.41) is 13.6. The van der Waals surface area contributed by atoms with E-state index in [2.05, 4.69) is 10.6 Å². The average Bonchev–Trinajstić information content (AvgIpc) is 2.49. The zero-order chi connectivity index (χ0) is 18.0. The first-order chi connectivity index (χ1) is 10.7. The van der Waals surface area contributed by atoms with Crippen LogP contribution in [0.4, 0.5) is 0 Å². The third-order valence-electron chi connectivity index (χ3n) is 3.37. The highest BCUT2D eigenvalue weighted by molar-refractivity contribution is 5.91. The third-order valence-corrected chi connectivity index (χ3v) is 3.37. The highest BCUT2D eigenvalue weighted by atomic mass is 16.4. The third kappa shape index (κ3) is 8.29. The number of Topliss-reactive ketones (excluding diaryl/α,β-unsaturated/α-hetero) is 1. The molecular formula is C15H27N3O5. The number of aliphatic carboxylic acids is 1. The molecule has 0 spiro atoms. The number of carbonyl (C=O) groups excluding carboxylic acids is 3. The maximum Gasteiger partial charge on any atom is 0.326 e. The average molecular weight is 329 g/mol. The van der Waals surface area contributed by atoms with Gasteiger partial charge in [-0.05, 0) is 26.2 Å². The van der Waals surface area contributed by atoms with Crippen LogP contribution in [0.15, 0.2) is 0 Å². The second kappa shape index (κ2) is 10.7. The van der Waals surface area contributed by atoms with Crippen molar-refractivity contribution in [3.63, 3.8) is 0 Å². The lowest BCUT2D eigenvalue weighted by atomic mass is 10.1. The molecule has 23 heavy (non-hydrogen) atoms. The van der Waals surface area contributed by atoms with Crippen molar-refractivity contribution in [2.75, 3.05) is 0 Å². The molecule has 2 amide bonds. The van der Waals surface area contributed by atoms with Crippen LogP contribution in [-0.4, -0.2) is 46.8 Å². The molecule has 0 aromatic heterocycles. The van der Waals surface area contributed by atoms with E-state index in [-0.39, 0.29) is 25.0 Å². The number of amides is 2. The lowest BCUT2D eigenvalue weighted by Crippen LogP contribution is -2.53. The zero-order valence-corrected chi connectivity index (χ0v) is 13.9. The molecule has 5 N–H and O–H groups in total. The minimum Gasteiger partial charge on any atom is -0.480 e. The van der Waals surface area contributed by atoms with Gasteiger partial charge < -0.3 is 21.5 Å². The number of ketones is 1. The minimum absolute atomic E-state index is 0.0498. The molecule has 0 saturated heterocycles. The van der Waals surface area contributed by atoms with E-state index in [0.717, 1.165) is 6.42 Å². The summed E-state index contributed by atoms with van der Waals surface area (Å²) >= 11 is 0. The summed E-state index contributed by atoms with van der Waals surface area (Å²) in [4.78, 5) is 46.0. The predicted octanol–water partition coefficient (Wildman–Crippen LogP) is -0.0528. The predicted molar refractivity (Wildman–Crippen MR) is 84.6 cm³/mol. The number of carboxylic acid groups (broad SMARTS) is 1. The van der Waals surface area contributed by atoms with Gasteiger partial charge in [-0.25, -0.2) is 4.79 Å². The summed E-state index contributed by atoms with van der Waals surface area (Å²) in [7, 11) is 0. The van der Waals surface area contributed by atoms with Crippen LogP contribution >= 0.6 is 0 Å². The van der Waals surface area contributed by atoms with Crippen molar-refractivity contribution in [2.24, 2.45) is 5.73 Å². The van der Waals surface area contributed by atoms with Gasteiger partial charge in [-0.2, -0.15) is 0 Å². The highest BCUT2D eigenvalue weighted by Crippen LogP contribution is 2.02. The molecule has 0 aliphatic heterocycles. The van der Waals surface area contributed by atoms with E-state index in [4.69, 9.17) is 10.8 Å². The number of nitrogens with two attached hydrogens (primary N) is 1. The van der Waals surface area contributed by atoms with E-state index in [1.165, 1.54) is 6.92 Å². The molecule has 0 bridgehead atoms. The molecule has 0 rings (SSSR count). The van der Waals surface area contributed by atoms with Gasteiger partial charge in [0.2, 0.25) is 11.8 Å². The lowest BCUT2D eigenvalue weighted by Gasteiger charge is -2.19. The van der Waals surface area contributed by atoms with Crippen molar-refractivity contribution < 1.29 is 24.3 Å². The molecule has 0 aliphatic rings. The fourth-order valence-corrected chi connectivity index (χ4v) is 1.87. The van der Waals surface area contributed by atoms with Crippen LogP contribution in [0.25, 0.3) is 0 Å². The van der Waals surface area contributed by atoms with Gasteiger partial charge in [0.05, 0.1) is 6.04 Å². The molecule has 3 unspecified atom stereocenters. The monoisotopic (exact) mass is 329 g/mol. The van der Waals surface area contributed by atoms with E-state index in [0.29, 0.717) is 6.42 Å². The van der Waals surface area contributed by atoms with Crippen LogP contribution < -0.4 is 16.4 Å². The maximum absolute atomic E-state index is 11.9. The molecule has 0 radical (unpaired) electrons. The molecule has 3 atom stereocenters. The van der Waals surface area contributed by atoms with Crippen molar-refractivity contribution in [1.82, 2.24) is 10.6 Å². The molecule has 0 aliphatic carbocycles. The van der Waals surface area contributed by atoms with Gasteiger partial charge in [-0.15, -0.1) is 0 Å².